The third-order valence-corrected chi connectivity index (χ3v) is 3.76. The predicted molar refractivity (Wildman–Crippen MR) is 70.9 cm³/mol. The van der Waals surface area contributed by atoms with Crippen molar-refractivity contribution in [2.75, 3.05) is 13.6 Å². The molecule has 2 aromatic heterocycles. The molecule has 0 aromatic carbocycles. The van der Waals surface area contributed by atoms with Crippen molar-refractivity contribution in [1.82, 2.24) is 19.9 Å². The van der Waals surface area contributed by atoms with E-state index >= 15 is 0 Å². The summed E-state index contributed by atoms with van der Waals surface area (Å²) in [4.78, 5) is 24.7. The fourth-order valence-electron chi connectivity index (χ4n) is 1.64. The van der Waals surface area contributed by atoms with Gasteiger partial charge in [-0.25, -0.2) is 15.0 Å². The standard InChI is InChI=1S/C12H11F3N4OS/c1-7-9(11(20)19(2)5-12(13,14)15)21-10(18-7)8-3-16-6-17-4-8/h3-4,6H,5H2,1-2H3. The van der Waals surface area contributed by atoms with E-state index in [-0.39, 0.29) is 4.88 Å². The number of hydrogen-bond acceptors (Lipinski definition) is 5. The molecule has 0 atom stereocenters. The van der Waals surface area contributed by atoms with Crippen LogP contribution in [-0.4, -0.2) is 45.5 Å². The van der Waals surface area contributed by atoms with Gasteiger partial charge in [0, 0.05) is 25.0 Å². The van der Waals surface area contributed by atoms with Crippen LogP contribution in [0.4, 0.5) is 13.2 Å². The van der Waals surface area contributed by atoms with Gasteiger partial charge in [0.2, 0.25) is 0 Å². The van der Waals surface area contributed by atoms with Gasteiger partial charge in [-0.3, -0.25) is 4.79 Å². The van der Waals surface area contributed by atoms with Gasteiger partial charge < -0.3 is 4.90 Å². The molecule has 0 radical (unpaired) electrons. The molecule has 0 unspecified atom stereocenters. The van der Waals surface area contributed by atoms with Crippen LogP contribution in [0.25, 0.3) is 10.6 Å². The topological polar surface area (TPSA) is 59.0 Å². The summed E-state index contributed by atoms with van der Waals surface area (Å²) in [5, 5.41) is 0.497. The van der Waals surface area contributed by atoms with E-state index in [0.29, 0.717) is 21.2 Å². The van der Waals surface area contributed by atoms with Gasteiger partial charge in [0.1, 0.15) is 22.8 Å². The maximum atomic E-state index is 12.3. The minimum Gasteiger partial charge on any atom is -0.332 e. The molecule has 0 spiro atoms. The average Bonchev–Trinajstić information content (AvgIpc) is 2.79. The van der Waals surface area contributed by atoms with Crippen molar-refractivity contribution in [1.29, 1.82) is 0 Å². The maximum Gasteiger partial charge on any atom is 0.406 e. The first-order valence-corrected chi connectivity index (χ1v) is 6.64. The lowest BCUT2D eigenvalue weighted by atomic mass is 10.3. The lowest BCUT2D eigenvalue weighted by molar-refractivity contribution is -0.138. The number of aryl methyl sites for hydroxylation is 1. The molecular formula is C12H11F3N4OS. The summed E-state index contributed by atoms with van der Waals surface area (Å²) in [5.74, 6) is -0.703. The summed E-state index contributed by atoms with van der Waals surface area (Å²) < 4.78 is 37.0. The monoisotopic (exact) mass is 316 g/mol. The van der Waals surface area contributed by atoms with Gasteiger partial charge >= 0.3 is 6.18 Å². The van der Waals surface area contributed by atoms with Gasteiger partial charge in [-0.15, -0.1) is 11.3 Å². The predicted octanol–water partition coefficient (Wildman–Crippen LogP) is 2.54. The molecule has 0 bridgehead atoms. The highest BCUT2D eigenvalue weighted by molar-refractivity contribution is 7.17. The highest BCUT2D eigenvalue weighted by Gasteiger charge is 2.32. The molecular weight excluding hydrogens is 305 g/mol. The lowest BCUT2D eigenvalue weighted by Crippen LogP contribution is -2.35. The van der Waals surface area contributed by atoms with Crippen molar-refractivity contribution in [3.05, 3.63) is 29.3 Å². The summed E-state index contributed by atoms with van der Waals surface area (Å²) >= 11 is 1.03. The van der Waals surface area contributed by atoms with Crippen molar-refractivity contribution in [3.63, 3.8) is 0 Å². The van der Waals surface area contributed by atoms with Gasteiger partial charge in [0.15, 0.2) is 0 Å². The van der Waals surface area contributed by atoms with Crippen LogP contribution in [0.1, 0.15) is 15.4 Å². The Kier molecular flexibility index (Phi) is 4.21. The van der Waals surface area contributed by atoms with Crippen molar-refractivity contribution in [2.24, 2.45) is 0 Å². The normalized spacial score (nSPS) is 11.5. The molecule has 112 valence electrons. The van der Waals surface area contributed by atoms with Crippen LogP contribution in [-0.2, 0) is 0 Å². The molecule has 5 nitrogen and oxygen atoms in total. The summed E-state index contributed by atoms with van der Waals surface area (Å²) in [7, 11) is 1.11. The van der Waals surface area contributed by atoms with E-state index in [0.717, 1.165) is 18.4 Å². The van der Waals surface area contributed by atoms with E-state index in [2.05, 4.69) is 15.0 Å². The SMILES string of the molecule is Cc1nc(-c2cncnc2)sc1C(=O)N(C)CC(F)(F)F. The smallest absolute Gasteiger partial charge is 0.332 e. The van der Waals surface area contributed by atoms with Gasteiger partial charge in [-0.2, -0.15) is 13.2 Å². The van der Waals surface area contributed by atoms with E-state index in [1.54, 1.807) is 6.92 Å². The minimum absolute atomic E-state index is 0.181. The van der Waals surface area contributed by atoms with Crippen molar-refractivity contribution >= 4 is 17.2 Å². The van der Waals surface area contributed by atoms with E-state index in [1.807, 2.05) is 0 Å². The molecule has 2 rings (SSSR count). The summed E-state index contributed by atoms with van der Waals surface area (Å²) in [6.07, 6.45) is -0.0237. The molecule has 0 N–H and O–H groups in total. The molecule has 2 heterocycles. The Bertz CT molecular complexity index is 642. The van der Waals surface area contributed by atoms with Crippen LogP contribution < -0.4 is 0 Å². The van der Waals surface area contributed by atoms with E-state index in [9.17, 15) is 18.0 Å². The second kappa shape index (κ2) is 5.76. The first kappa shape index (κ1) is 15.4. The minimum atomic E-state index is -4.43. The quantitative estimate of drug-likeness (QED) is 0.873. The number of hydrogen-bond donors (Lipinski definition) is 0. The zero-order valence-corrected chi connectivity index (χ0v) is 12.0. The third kappa shape index (κ3) is 3.75. The number of aromatic nitrogens is 3. The van der Waals surface area contributed by atoms with Gasteiger partial charge in [-0.1, -0.05) is 0 Å². The summed E-state index contributed by atoms with van der Waals surface area (Å²) in [5.41, 5.74) is 1.00. The van der Waals surface area contributed by atoms with Crippen molar-refractivity contribution in [3.8, 4) is 10.6 Å². The molecule has 1 amide bonds. The van der Waals surface area contributed by atoms with Crippen LogP contribution in [0, 0.1) is 6.92 Å². The first-order chi connectivity index (χ1) is 9.78. The second-order valence-corrected chi connectivity index (χ2v) is 5.34. The fraction of sp³-hybridized carbons (Fsp3) is 0.333. The second-order valence-electron chi connectivity index (χ2n) is 4.34. The first-order valence-electron chi connectivity index (χ1n) is 5.83. The Morgan fingerprint density at radius 1 is 1.33 bits per heavy atom. The van der Waals surface area contributed by atoms with Crippen LogP contribution in [0.5, 0.6) is 0 Å². The van der Waals surface area contributed by atoms with Gasteiger partial charge in [-0.05, 0) is 6.92 Å². The molecule has 0 saturated heterocycles. The number of halogens is 3. The van der Waals surface area contributed by atoms with E-state index in [4.69, 9.17) is 0 Å². The third-order valence-electron chi connectivity index (χ3n) is 2.56. The number of nitrogens with zero attached hydrogens (tertiary/aromatic N) is 4. The van der Waals surface area contributed by atoms with Crippen LogP contribution >= 0.6 is 11.3 Å². The summed E-state index contributed by atoms with van der Waals surface area (Å²) in [6.45, 7) is 0.283. The number of thiazole rings is 1. The Hall–Kier alpha value is -2.03. The largest absolute Gasteiger partial charge is 0.406 e. The molecule has 2 aromatic rings. The van der Waals surface area contributed by atoms with Crippen LogP contribution in [0.2, 0.25) is 0 Å². The number of carbonyl (C=O) groups excluding carboxylic acids is 1. The molecule has 0 aliphatic heterocycles. The van der Waals surface area contributed by atoms with Gasteiger partial charge in [0.05, 0.1) is 5.69 Å². The Labute approximate surface area is 122 Å². The molecule has 0 aliphatic rings. The zero-order chi connectivity index (χ0) is 15.6. The Morgan fingerprint density at radius 3 is 2.52 bits per heavy atom. The highest BCUT2D eigenvalue weighted by Crippen LogP contribution is 2.28. The molecule has 0 fully saturated rings. The molecule has 21 heavy (non-hydrogen) atoms. The lowest BCUT2D eigenvalue weighted by Gasteiger charge is -2.18. The molecule has 9 heteroatoms. The Morgan fingerprint density at radius 2 is 1.95 bits per heavy atom. The average molecular weight is 316 g/mol. The number of alkyl halides is 3. The van der Waals surface area contributed by atoms with Crippen LogP contribution in [0.15, 0.2) is 18.7 Å². The highest BCUT2D eigenvalue weighted by atomic mass is 32.1. The summed E-state index contributed by atoms with van der Waals surface area (Å²) in [6, 6.07) is 0. The number of rotatable bonds is 3. The van der Waals surface area contributed by atoms with E-state index in [1.165, 1.54) is 18.7 Å². The maximum absolute atomic E-state index is 12.3. The Balaban J connectivity index is 2.25. The fourth-order valence-corrected chi connectivity index (χ4v) is 2.68. The number of amides is 1. The van der Waals surface area contributed by atoms with Crippen molar-refractivity contribution < 1.29 is 18.0 Å². The molecule has 0 saturated carbocycles. The zero-order valence-electron chi connectivity index (χ0n) is 11.2. The molecule has 0 aliphatic carbocycles. The van der Waals surface area contributed by atoms with E-state index < -0.39 is 18.6 Å². The number of carbonyl (C=O) groups is 1. The van der Waals surface area contributed by atoms with Gasteiger partial charge in [0.25, 0.3) is 5.91 Å². The van der Waals surface area contributed by atoms with Crippen LogP contribution in [0.3, 0.4) is 0 Å². The van der Waals surface area contributed by atoms with Crippen molar-refractivity contribution in [2.45, 2.75) is 13.1 Å².